The molecule has 1 aromatic heterocycles. The molecule has 2 fully saturated rings. The quantitative estimate of drug-likeness (QED) is 0.806. The van der Waals surface area contributed by atoms with Crippen LogP contribution in [0.3, 0.4) is 0 Å². The number of rotatable bonds is 4. The molecule has 2 aliphatic rings. The fourth-order valence-corrected chi connectivity index (χ4v) is 4.97. The fraction of sp³-hybridized carbons (Fsp3) is 0.542. The predicted molar refractivity (Wildman–Crippen MR) is 115 cm³/mol. The van der Waals surface area contributed by atoms with Crippen molar-refractivity contribution >= 4 is 5.91 Å². The number of likely N-dealkylation sites (tertiary alicyclic amines) is 1. The average Bonchev–Trinajstić information content (AvgIpc) is 3.13. The van der Waals surface area contributed by atoms with E-state index in [2.05, 4.69) is 28.4 Å². The van der Waals surface area contributed by atoms with Crippen LogP contribution in [0.2, 0.25) is 0 Å². The Morgan fingerprint density at radius 1 is 1.23 bits per heavy atom. The van der Waals surface area contributed by atoms with Gasteiger partial charge in [-0.2, -0.15) is 0 Å². The van der Waals surface area contributed by atoms with Crippen LogP contribution in [0.4, 0.5) is 0 Å². The molecule has 0 saturated carbocycles. The van der Waals surface area contributed by atoms with Crippen LogP contribution in [0.25, 0.3) is 11.3 Å². The van der Waals surface area contributed by atoms with E-state index >= 15 is 0 Å². The summed E-state index contributed by atoms with van der Waals surface area (Å²) in [5, 5.41) is 13.4. The Kier molecular flexibility index (Phi) is 5.75. The van der Waals surface area contributed by atoms with Crippen molar-refractivity contribution in [2.45, 2.75) is 63.8 Å². The first-order valence-electron chi connectivity index (χ1n) is 10.8. The number of aliphatic hydroxyl groups excluding tert-OH is 1. The summed E-state index contributed by atoms with van der Waals surface area (Å²) >= 11 is 0. The van der Waals surface area contributed by atoms with Gasteiger partial charge in [0.05, 0.1) is 17.7 Å². The molecule has 0 aliphatic carbocycles. The van der Waals surface area contributed by atoms with Crippen LogP contribution in [-0.2, 0) is 16.1 Å². The number of amides is 1. The molecule has 2 atom stereocenters. The molecule has 0 bridgehead atoms. The number of aliphatic hydroxyl groups is 1. The maximum Gasteiger partial charge on any atom is 0.217 e. The number of carbonyl (C=O) groups is 1. The second-order valence-electron chi connectivity index (χ2n) is 9.13. The summed E-state index contributed by atoms with van der Waals surface area (Å²) in [5.41, 5.74) is 1.47. The fourth-order valence-electron chi connectivity index (χ4n) is 4.97. The van der Waals surface area contributed by atoms with Gasteiger partial charge < -0.3 is 19.6 Å². The molecule has 6 heteroatoms. The molecule has 0 radical (unpaired) electrons. The molecule has 3 heterocycles. The highest BCUT2D eigenvalue weighted by molar-refractivity contribution is 5.74. The number of benzene rings is 1. The lowest BCUT2D eigenvalue weighted by Crippen LogP contribution is -2.65. The summed E-state index contributed by atoms with van der Waals surface area (Å²) in [5.74, 6) is 1.71. The van der Waals surface area contributed by atoms with Crippen molar-refractivity contribution in [3.05, 3.63) is 47.7 Å². The number of nitrogens with zero attached hydrogens (tertiary/aromatic N) is 1. The van der Waals surface area contributed by atoms with Crippen molar-refractivity contribution in [3.8, 4) is 11.3 Å². The van der Waals surface area contributed by atoms with Crippen LogP contribution >= 0.6 is 0 Å². The second kappa shape index (κ2) is 8.17. The molecule has 2 aliphatic heterocycles. The third-order valence-corrected chi connectivity index (χ3v) is 6.62. The normalized spacial score (nSPS) is 26.6. The predicted octanol–water partition coefficient (Wildman–Crippen LogP) is 3.27. The van der Waals surface area contributed by atoms with E-state index in [4.69, 9.17) is 9.15 Å². The summed E-state index contributed by atoms with van der Waals surface area (Å²) < 4.78 is 12.0. The molecule has 0 unspecified atom stereocenters. The minimum absolute atomic E-state index is 0.115. The van der Waals surface area contributed by atoms with Gasteiger partial charge >= 0.3 is 0 Å². The number of piperidine rings is 1. The van der Waals surface area contributed by atoms with Crippen molar-refractivity contribution in [1.82, 2.24) is 10.2 Å². The van der Waals surface area contributed by atoms with E-state index in [0.29, 0.717) is 6.42 Å². The molecular weight excluding hydrogens is 380 g/mol. The van der Waals surface area contributed by atoms with Crippen LogP contribution in [0.5, 0.6) is 0 Å². The van der Waals surface area contributed by atoms with E-state index in [-0.39, 0.29) is 18.1 Å². The van der Waals surface area contributed by atoms with Gasteiger partial charge in [-0.1, -0.05) is 24.3 Å². The molecule has 1 amide bonds. The summed E-state index contributed by atoms with van der Waals surface area (Å²) in [7, 11) is 0. The van der Waals surface area contributed by atoms with E-state index < -0.39 is 11.6 Å². The Bertz CT molecular complexity index is 900. The van der Waals surface area contributed by atoms with Crippen molar-refractivity contribution in [2.75, 3.05) is 19.7 Å². The topological polar surface area (TPSA) is 74.9 Å². The Morgan fingerprint density at radius 2 is 1.97 bits per heavy atom. The first-order chi connectivity index (χ1) is 14.3. The Hall–Kier alpha value is -2.15. The first-order valence-corrected chi connectivity index (χ1v) is 10.8. The van der Waals surface area contributed by atoms with Gasteiger partial charge in [0.25, 0.3) is 0 Å². The van der Waals surface area contributed by atoms with Crippen LogP contribution in [0.1, 0.15) is 44.4 Å². The van der Waals surface area contributed by atoms with E-state index in [1.54, 1.807) is 0 Å². The van der Waals surface area contributed by atoms with Gasteiger partial charge in [-0.05, 0) is 44.4 Å². The molecule has 2 aromatic rings. The van der Waals surface area contributed by atoms with E-state index in [9.17, 15) is 9.90 Å². The molecule has 30 heavy (non-hydrogen) atoms. The van der Waals surface area contributed by atoms with Gasteiger partial charge in [0.1, 0.15) is 17.6 Å². The highest BCUT2D eigenvalue weighted by Gasteiger charge is 2.49. The Balaban J connectivity index is 1.43. The molecule has 6 nitrogen and oxygen atoms in total. The van der Waals surface area contributed by atoms with Crippen molar-refractivity contribution in [2.24, 2.45) is 0 Å². The number of furan rings is 1. The minimum Gasteiger partial charge on any atom is -0.461 e. The summed E-state index contributed by atoms with van der Waals surface area (Å²) in [4.78, 5) is 14.1. The lowest BCUT2D eigenvalue weighted by molar-refractivity contribution is -0.181. The summed E-state index contributed by atoms with van der Waals surface area (Å²) in [6, 6.07) is 12.4. The zero-order valence-electron chi connectivity index (χ0n) is 18.1. The lowest BCUT2D eigenvalue weighted by atomic mass is 9.74. The van der Waals surface area contributed by atoms with Gasteiger partial charge in [0, 0.05) is 38.5 Å². The van der Waals surface area contributed by atoms with Crippen LogP contribution in [-0.4, -0.2) is 52.9 Å². The molecule has 4 rings (SSSR count). The van der Waals surface area contributed by atoms with Crippen molar-refractivity contribution < 1.29 is 19.1 Å². The maximum atomic E-state index is 11.7. The number of hydrogen-bond acceptors (Lipinski definition) is 5. The number of nitrogens with one attached hydrogen (secondary N) is 1. The van der Waals surface area contributed by atoms with Gasteiger partial charge in [-0.15, -0.1) is 0 Å². The largest absolute Gasteiger partial charge is 0.461 e. The van der Waals surface area contributed by atoms with E-state index in [1.807, 2.05) is 32.0 Å². The van der Waals surface area contributed by atoms with Gasteiger partial charge in [0.2, 0.25) is 5.91 Å². The third-order valence-electron chi connectivity index (χ3n) is 6.62. The van der Waals surface area contributed by atoms with Gasteiger partial charge in [-0.25, -0.2) is 0 Å². The standard InChI is InChI=1S/C24H32N2O4/c1-17-8-9-21(30-17)20-7-5-4-6-19(20)14-26-12-10-24(11-13-26)16-23(3,25-18(2)27)22(28)15-29-24/h4-9,22,28H,10-16H2,1-3H3,(H,25,27)/t22-,23-/m0/s1. The zero-order valence-corrected chi connectivity index (χ0v) is 18.1. The first kappa shape index (κ1) is 21.1. The number of carbonyl (C=O) groups excluding carboxylic acids is 1. The molecule has 2 saturated heterocycles. The highest BCUT2D eigenvalue weighted by Crippen LogP contribution is 2.40. The van der Waals surface area contributed by atoms with Gasteiger partial charge in [-0.3, -0.25) is 9.69 Å². The monoisotopic (exact) mass is 412 g/mol. The maximum absolute atomic E-state index is 11.7. The molecule has 2 N–H and O–H groups in total. The van der Waals surface area contributed by atoms with Gasteiger partial charge in [0.15, 0.2) is 0 Å². The third kappa shape index (κ3) is 4.31. The minimum atomic E-state index is -0.686. The second-order valence-corrected chi connectivity index (χ2v) is 9.13. The van der Waals surface area contributed by atoms with Crippen LogP contribution in [0, 0.1) is 6.92 Å². The average molecular weight is 413 g/mol. The zero-order chi connectivity index (χ0) is 21.4. The molecule has 1 spiro atoms. The van der Waals surface area contributed by atoms with E-state index in [0.717, 1.165) is 49.6 Å². The number of ether oxygens (including phenoxy) is 1. The number of hydrogen-bond donors (Lipinski definition) is 2. The Labute approximate surface area is 178 Å². The van der Waals surface area contributed by atoms with Crippen LogP contribution < -0.4 is 5.32 Å². The summed E-state index contributed by atoms with van der Waals surface area (Å²) in [6.07, 6.45) is 1.72. The number of aryl methyl sites for hydroxylation is 1. The van der Waals surface area contributed by atoms with Crippen molar-refractivity contribution in [3.63, 3.8) is 0 Å². The van der Waals surface area contributed by atoms with E-state index in [1.165, 1.54) is 12.5 Å². The smallest absolute Gasteiger partial charge is 0.217 e. The summed E-state index contributed by atoms with van der Waals surface area (Å²) in [6.45, 7) is 8.34. The molecule has 162 valence electrons. The van der Waals surface area contributed by atoms with Crippen molar-refractivity contribution in [1.29, 1.82) is 0 Å². The lowest BCUT2D eigenvalue weighted by Gasteiger charge is -2.52. The molecular formula is C24H32N2O4. The molecule has 1 aromatic carbocycles. The van der Waals surface area contributed by atoms with Crippen LogP contribution in [0.15, 0.2) is 40.8 Å². The Morgan fingerprint density at radius 3 is 2.63 bits per heavy atom. The SMILES string of the molecule is CC(=O)N[C@@]1(C)CC2(CCN(Cc3ccccc3-c3ccc(C)o3)CC2)OC[C@@H]1O. The highest BCUT2D eigenvalue weighted by atomic mass is 16.5.